The number of hydrogen-bond acceptors (Lipinski definition) is 9. The fourth-order valence-corrected chi connectivity index (χ4v) is 5.37. The predicted octanol–water partition coefficient (Wildman–Crippen LogP) is 1.29. The van der Waals surface area contributed by atoms with Crippen LogP contribution in [0.2, 0.25) is 0 Å². The lowest BCUT2D eigenvalue weighted by Crippen LogP contribution is -2.47. The second-order valence-electron chi connectivity index (χ2n) is 8.36. The summed E-state index contributed by atoms with van der Waals surface area (Å²) in [6.07, 6.45) is 2.70. The number of nitrogens with one attached hydrogen (secondary N) is 2. The third kappa shape index (κ3) is 6.61. The average molecular weight is 476 g/mol. The molecule has 4 rings (SSSR count). The van der Waals surface area contributed by atoms with Gasteiger partial charge in [-0.2, -0.15) is 9.29 Å². The largest absolute Gasteiger partial charge is 0.379 e. The summed E-state index contributed by atoms with van der Waals surface area (Å²) in [7, 11) is -1.53. The molecule has 1 aromatic heterocycles. The predicted molar refractivity (Wildman–Crippen MR) is 128 cm³/mol. The van der Waals surface area contributed by atoms with Crippen LogP contribution in [0, 0.1) is 0 Å². The highest BCUT2D eigenvalue weighted by molar-refractivity contribution is 7.89. The summed E-state index contributed by atoms with van der Waals surface area (Å²) in [6, 6.07) is 8.65. The number of ether oxygens (including phenoxy) is 1. The molecule has 0 aliphatic carbocycles. The van der Waals surface area contributed by atoms with E-state index in [4.69, 9.17) is 4.74 Å². The van der Waals surface area contributed by atoms with E-state index in [2.05, 4.69) is 30.4 Å². The van der Waals surface area contributed by atoms with Gasteiger partial charge in [0.1, 0.15) is 5.82 Å². The Bertz CT molecular complexity index is 1010. The van der Waals surface area contributed by atoms with Gasteiger partial charge < -0.3 is 20.3 Å². The van der Waals surface area contributed by atoms with E-state index in [-0.39, 0.29) is 4.90 Å². The highest BCUT2D eigenvalue weighted by Crippen LogP contribution is 2.22. The van der Waals surface area contributed by atoms with E-state index in [9.17, 15) is 8.42 Å². The lowest BCUT2D eigenvalue weighted by atomic mass is 10.3. The normalized spacial score (nSPS) is 18.8. The Balaban J connectivity index is 1.33. The molecule has 2 aliphatic rings. The summed E-state index contributed by atoms with van der Waals surface area (Å²) in [6.45, 7) is 7.91. The lowest BCUT2D eigenvalue weighted by molar-refractivity contribution is 0.0378. The van der Waals surface area contributed by atoms with Crippen molar-refractivity contribution in [3.63, 3.8) is 0 Å². The highest BCUT2D eigenvalue weighted by Gasteiger charge is 2.27. The minimum Gasteiger partial charge on any atom is -0.379 e. The van der Waals surface area contributed by atoms with Gasteiger partial charge in [-0.3, -0.25) is 4.90 Å². The molecule has 2 aliphatic heterocycles. The zero-order valence-corrected chi connectivity index (χ0v) is 19.9. The first-order valence-corrected chi connectivity index (χ1v) is 12.9. The van der Waals surface area contributed by atoms with Crippen LogP contribution in [-0.2, 0) is 14.8 Å². The fourth-order valence-electron chi connectivity index (χ4n) is 3.90. The first kappa shape index (κ1) is 23.8. The molecule has 2 aromatic rings. The van der Waals surface area contributed by atoms with E-state index < -0.39 is 10.0 Å². The highest BCUT2D eigenvalue weighted by atomic mass is 32.2. The van der Waals surface area contributed by atoms with E-state index in [1.54, 1.807) is 28.7 Å². The van der Waals surface area contributed by atoms with E-state index in [1.807, 2.05) is 19.2 Å². The van der Waals surface area contributed by atoms with Crippen LogP contribution in [0.5, 0.6) is 0 Å². The smallest absolute Gasteiger partial charge is 0.243 e. The second kappa shape index (κ2) is 11.2. The van der Waals surface area contributed by atoms with Crippen LogP contribution in [0.1, 0.15) is 6.42 Å². The number of morpholine rings is 1. The van der Waals surface area contributed by atoms with Crippen molar-refractivity contribution in [1.82, 2.24) is 24.1 Å². The number of hydrogen-bond donors (Lipinski definition) is 2. The molecule has 180 valence electrons. The molecule has 0 atom stereocenters. The van der Waals surface area contributed by atoms with Gasteiger partial charge in [-0.1, -0.05) is 6.07 Å². The first-order valence-electron chi connectivity index (χ1n) is 11.4. The molecule has 0 saturated carbocycles. The number of benzene rings is 1. The fraction of sp³-hybridized carbons (Fsp3) is 0.545. The maximum atomic E-state index is 13.0. The summed E-state index contributed by atoms with van der Waals surface area (Å²) < 4.78 is 33.0. The molecule has 33 heavy (non-hydrogen) atoms. The van der Waals surface area contributed by atoms with Gasteiger partial charge in [0.05, 0.1) is 18.1 Å². The van der Waals surface area contributed by atoms with Crippen molar-refractivity contribution in [2.24, 2.45) is 0 Å². The maximum Gasteiger partial charge on any atom is 0.243 e. The van der Waals surface area contributed by atoms with Crippen LogP contribution in [0.4, 0.5) is 17.5 Å². The van der Waals surface area contributed by atoms with E-state index in [0.717, 1.165) is 64.7 Å². The second-order valence-corrected chi connectivity index (χ2v) is 10.3. The van der Waals surface area contributed by atoms with Crippen LogP contribution in [0.15, 0.2) is 41.4 Å². The monoisotopic (exact) mass is 475 g/mol. The number of rotatable bonds is 9. The summed E-state index contributed by atoms with van der Waals surface area (Å²) in [5.41, 5.74) is 0.634. The first-order chi connectivity index (χ1) is 16.0. The third-order valence-electron chi connectivity index (χ3n) is 5.91. The van der Waals surface area contributed by atoms with Gasteiger partial charge in [0.25, 0.3) is 0 Å². The Morgan fingerprint density at radius 2 is 1.85 bits per heavy atom. The summed E-state index contributed by atoms with van der Waals surface area (Å²) >= 11 is 0. The average Bonchev–Trinajstić information content (AvgIpc) is 2.83. The Hall–Kier alpha value is -2.31. The molecular formula is C22H33N7O3S. The molecule has 0 bridgehead atoms. The molecule has 2 saturated heterocycles. The molecule has 0 spiro atoms. The van der Waals surface area contributed by atoms with Crippen molar-refractivity contribution in [2.75, 3.05) is 83.3 Å². The molecule has 0 amide bonds. The summed E-state index contributed by atoms with van der Waals surface area (Å²) in [5, 5.41) is 6.47. The van der Waals surface area contributed by atoms with Gasteiger partial charge >= 0.3 is 0 Å². The quantitative estimate of drug-likeness (QED) is 0.519. The van der Waals surface area contributed by atoms with Crippen molar-refractivity contribution >= 4 is 27.5 Å². The van der Waals surface area contributed by atoms with E-state index in [1.165, 1.54) is 0 Å². The Morgan fingerprint density at radius 1 is 1.06 bits per heavy atom. The molecule has 11 heteroatoms. The number of likely N-dealkylation sites (N-methyl/N-ethyl adjacent to an activating group) is 1. The topological polar surface area (TPSA) is 103 Å². The van der Waals surface area contributed by atoms with Crippen molar-refractivity contribution < 1.29 is 13.2 Å². The Morgan fingerprint density at radius 3 is 2.64 bits per heavy atom. The number of nitrogens with zero attached hydrogens (tertiary/aromatic N) is 5. The standard InChI is InChI=1S/C22H33N7O3S/c1-27-10-12-29(13-11-27)33(30,31)20-5-2-4-19(18-20)25-22-24-8-6-21(26-22)23-7-3-9-28-14-16-32-17-15-28/h2,4-6,8,18H,3,7,9-17H2,1H3,(H2,23,24,25,26). The van der Waals surface area contributed by atoms with Gasteiger partial charge in [0, 0.05) is 57.7 Å². The van der Waals surface area contributed by atoms with Crippen LogP contribution < -0.4 is 10.6 Å². The summed E-state index contributed by atoms with van der Waals surface area (Å²) in [4.78, 5) is 13.6. The molecule has 2 N–H and O–H groups in total. The van der Waals surface area contributed by atoms with Crippen molar-refractivity contribution in [3.8, 4) is 0 Å². The van der Waals surface area contributed by atoms with Crippen LogP contribution in [-0.4, -0.2) is 105 Å². The number of anilines is 3. The van der Waals surface area contributed by atoms with Gasteiger partial charge in [-0.05, 0) is 44.3 Å². The third-order valence-corrected chi connectivity index (χ3v) is 7.80. The van der Waals surface area contributed by atoms with Gasteiger partial charge in [0.2, 0.25) is 16.0 Å². The van der Waals surface area contributed by atoms with Crippen molar-refractivity contribution in [3.05, 3.63) is 36.5 Å². The Kier molecular flexibility index (Phi) is 8.10. The molecule has 3 heterocycles. The minimum atomic E-state index is -3.53. The van der Waals surface area contributed by atoms with Gasteiger partial charge in [-0.25, -0.2) is 13.4 Å². The van der Waals surface area contributed by atoms with Gasteiger partial charge in [-0.15, -0.1) is 0 Å². The molecule has 2 fully saturated rings. The zero-order valence-electron chi connectivity index (χ0n) is 19.1. The number of aromatic nitrogens is 2. The molecule has 10 nitrogen and oxygen atoms in total. The molecule has 0 unspecified atom stereocenters. The van der Waals surface area contributed by atoms with Crippen LogP contribution >= 0.6 is 0 Å². The van der Waals surface area contributed by atoms with Crippen LogP contribution in [0.3, 0.4) is 0 Å². The number of sulfonamides is 1. The van der Waals surface area contributed by atoms with E-state index in [0.29, 0.717) is 24.7 Å². The van der Waals surface area contributed by atoms with Gasteiger partial charge in [0.15, 0.2) is 0 Å². The van der Waals surface area contributed by atoms with Crippen LogP contribution in [0.25, 0.3) is 0 Å². The van der Waals surface area contributed by atoms with E-state index >= 15 is 0 Å². The SMILES string of the molecule is CN1CCN(S(=O)(=O)c2cccc(Nc3nccc(NCCCN4CCOCC4)n3)c2)CC1. The zero-order chi connectivity index (χ0) is 23.1. The Labute approximate surface area is 196 Å². The molecule has 1 aromatic carbocycles. The minimum absolute atomic E-state index is 0.273. The lowest BCUT2D eigenvalue weighted by Gasteiger charge is -2.31. The number of piperazine rings is 1. The molecular weight excluding hydrogens is 442 g/mol. The maximum absolute atomic E-state index is 13.0. The summed E-state index contributed by atoms with van der Waals surface area (Å²) in [5.74, 6) is 1.15. The van der Waals surface area contributed by atoms with Crippen molar-refractivity contribution in [2.45, 2.75) is 11.3 Å². The van der Waals surface area contributed by atoms with Crippen molar-refractivity contribution in [1.29, 1.82) is 0 Å². The molecule has 0 radical (unpaired) electrons.